The number of amides is 1. The average Bonchev–Trinajstić information content (AvgIpc) is 2.71. The largest absolute Gasteiger partial charge is 0.462 e. The van der Waals surface area contributed by atoms with Gasteiger partial charge in [-0.3, -0.25) is 4.79 Å². The van der Waals surface area contributed by atoms with Crippen molar-refractivity contribution in [3.8, 4) is 0 Å². The maximum absolute atomic E-state index is 12.2. The number of quaternary nitrogens is 1. The average molecular weight is 327 g/mol. The third kappa shape index (κ3) is 5.10. The predicted molar refractivity (Wildman–Crippen MR) is 89.9 cm³/mol. The fourth-order valence-corrected chi connectivity index (χ4v) is 3.24. The van der Waals surface area contributed by atoms with E-state index >= 15 is 0 Å². The van der Waals surface area contributed by atoms with Crippen LogP contribution >= 0.6 is 11.3 Å². The van der Waals surface area contributed by atoms with Crippen LogP contribution in [0.5, 0.6) is 0 Å². The van der Waals surface area contributed by atoms with Gasteiger partial charge in [-0.1, -0.05) is 13.3 Å². The lowest BCUT2D eigenvalue weighted by Gasteiger charge is -2.13. The van der Waals surface area contributed by atoms with E-state index in [2.05, 4.69) is 12.2 Å². The first-order chi connectivity index (χ1) is 10.4. The van der Waals surface area contributed by atoms with Gasteiger partial charge >= 0.3 is 5.97 Å². The van der Waals surface area contributed by atoms with E-state index in [1.165, 1.54) is 16.2 Å². The summed E-state index contributed by atoms with van der Waals surface area (Å²) >= 11 is 1.43. The molecule has 0 aliphatic carbocycles. The summed E-state index contributed by atoms with van der Waals surface area (Å²) in [5.41, 5.74) is 1.37. The maximum Gasteiger partial charge on any atom is 0.341 e. The molecule has 0 saturated heterocycles. The lowest BCUT2D eigenvalue weighted by atomic mass is 10.1. The smallest absolute Gasteiger partial charge is 0.341 e. The molecule has 0 aliphatic heterocycles. The molecule has 0 aromatic carbocycles. The SMILES string of the molecule is CCCC[NH+](C)CC(=O)Nc1sc(C)c(C)c1C(=O)OCC. The van der Waals surface area contributed by atoms with E-state index in [1.54, 1.807) is 6.92 Å². The van der Waals surface area contributed by atoms with Gasteiger partial charge in [0, 0.05) is 4.88 Å². The number of ether oxygens (including phenoxy) is 1. The van der Waals surface area contributed by atoms with Gasteiger partial charge in [-0.2, -0.15) is 0 Å². The number of carbonyl (C=O) groups excluding carboxylic acids is 2. The highest BCUT2D eigenvalue weighted by atomic mass is 32.1. The number of nitrogens with one attached hydrogen (secondary N) is 2. The van der Waals surface area contributed by atoms with Crippen molar-refractivity contribution >= 4 is 28.2 Å². The van der Waals surface area contributed by atoms with Crippen molar-refractivity contribution in [1.29, 1.82) is 0 Å². The minimum atomic E-state index is -0.369. The van der Waals surface area contributed by atoms with Crippen LogP contribution in [0.2, 0.25) is 0 Å². The minimum absolute atomic E-state index is 0.0691. The second-order valence-corrected chi connectivity index (χ2v) is 6.72. The van der Waals surface area contributed by atoms with E-state index in [4.69, 9.17) is 4.74 Å². The number of aryl methyl sites for hydroxylation is 1. The van der Waals surface area contributed by atoms with Crippen LogP contribution < -0.4 is 10.2 Å². The number of esters is 1. The van der Waals surface area contributed by atoms with Gasteiger partial charge in [0.1, 0.15) is 5.00 Å². The molecule has 1 amide bonds. The first-order valence-corrected chi connectivity index (χ1v) is 8.60. The van der Waals surface area contributed by atoms with Crippen LogP contribution in [0.1, 0.15) is 47.5 Å². The molecule has 0 bridgehead atoms. The van der Waals surface area contributed by atoms with E-state index in [0.29, 0.717) is 23.7 Å². The van der Waals surface area contributed by atoms with E-state index in [1.807, 2.05) is 20.9 Å². The molecule has 0 fully saturated rings. The fourth-order valence-electron chi connectivity index (χ4n) is 2.18. The first-order valence-electron chi connectivity index (χ1n) is 7.78. The zero-order chi connectivity index (χ0) is 16.7. The molecular formula is C16H27N2O3S+. The lowest BCUT2D eigenvalue weighted by Crippen LogP contribution is -3.10. The van der Waals surface area contributed by atoms with Gasteiger partial charge < -0.3 is 15.0 Å². The zero-order valence-electron chi connectivity index (χ0n) is 14.2. The van der Waals surface area contributed by atoms with Crippen molar-refractivity contribution in [1.82, 2.24) is 0 Å². The quantitative estimate of drug-likeness (QED) is 0.716. The Kier molecular flexibility index (Phi) is 7.55. The molecule has 0 aliphatic rings. The summed E-state index contributed by atoms with van der Waals surface area (Å²) in [4.78, 5) is 26.4. The van der Waals surface area contributed by atoms with Gasteiger partial charge in [0.2, 0.25) is 0 Å². The van der Waals surface area contributed by atoms with Crippen LogP contribution in [-0.4, -0.2) is 38.6 Å². The summed E-state index contributed by atoms with van der Waals surface area (Å²) in [6.07, 6.45) is 2.22. The van der Waals surface area contributed by atoms with Crippen LogP contribution in [0.4, 0.5) is 5.00 Å². The molecule has 5 nitrogen and oxygen atoms in total. The van der Waals surface area contributed by atoms with Crippen molar-refractivity contribution in [2.45, 2.75) is 40.5 Å². The Morgan fingerprint density at radius 1 is 1.27 bits per heavy atom. The molecule has 1 aromatic rings. The van der Waals surface area contributed by atoms with Crippen molar-refractivity contribution < 1.29 is 19.2 Å². The Bertz CT molecular complexity index is 526. The highest BCUT2D eigenvalue weighted by molar-refractivity contribution is 7.16. The Morgan fingerprint density at radius 2 is 1.95 bits per heavy atom. The summed E-state index contributed by atoms with van der Waals surface area (Å²) in [5.74, 6) is -0.438. The fraction of sp³-hybridized carbons (Fsp3) is 0.625. The van der Waals surface area contributed by atoms with Crippen molar-refractivity contribution in [2.24, 2.45) is 0 Å². The molecule has 1 rings (SSSR count). The number of anilines is 1. The number of hydrogen-bond acceptors (Lipinski definition) is 4. The van der Waals surface area contributed by atoms with Crippen molar-refractivity contribution in [2.75, 3.05) is 32.1 Å². The Hall–Kier alpha value is -1.40. The number of carbonyl (C=O) groups is 2. The van der Waals surface area contributed by atoms with Gasteiger partial charge in [-0.15, -0.1) is 11.3 Å². The van der Waals surface area contributed by atoms with E-state index in [-0.39, 0.29) is 11.9 Å². The summed E-state index contributed by atoms with van der Waals surface area (Å²) in [5, 5.41) is 3.48. The van der Waals surface area contributed by atoms with Crippen molar-refractivity contribution in [3.63, 3.8) is 0 Å². The monoisotopic (exact) mass is 327 g/mol. The second kappa shape index (κ2) is 8.90. The summed E-state index contributed by atoms with van der Waals surface area (Å²) < 4.78 is 5.09. The summed E-state index contributed by atoms with van der Waals surface area (Å²) in [7, 11) is 2.01. The van der Waals surface area contributed by atoms with E-state index in [0.717, 1.165) is 29.8 Å². The van der Waals surface area contributed by atoms with Gasteiger partial charge in [0.05, 0.1) is 25.8 Å². The van der Waals surface area contributed by atoms with Gasteiger partial charge in [-0.05, 0) is 32.8 Å². The summed E-state index contributed by atoms with van der Waals surface area (Å²) in [6, 6.07) is 0. The number of hydrogen-bond donors (Lipinski definition) is 2. The molecule has 1 heterocycles. The van der Waals surface area contributed by atoms with Crippen LogP contribution in [0, 0.1) is 13.8 Å². The molecule has 2 N–H and O–H groups in total. The molecule has 0 saturated carbocycles. The predicted octanol–water partition coefficient (Wildman–Crippen LogP) is 1.79. The normalized spacial score (nSPS) is 12.0. The third-order valence-electron chi connectivity index (χ3n) is 3.54. The van der Waals surface area contributed by atoms with Gasteiger partial charge in [0.25, 0.3) is 5.91 Å². The standard InChI is InChI=1S/C16H26N2O3S/c1-6-8-9-18(5)10-13(19)17-15-14(16(20)21-7-2)11(3)12(4)22-15/h6-10H2,1-5H3,(H,17,19)/p+1. The zero-order valence-corrected chi connectivity index (χ0v) is 15.0. The molecule has 0 spiro atoms. The lowest BCUT2D eigenvalue weighted by molar-refractivity contribution is -0.871. The van der Waals surface area contributed by atoms with Gasteiger partial charge in [0.15, 0.2) is 6.54 Å². The Balaban J connectivity index is 2.78. The highest BCUT2D eigenvalue weighted by Gasteiger charge is 2.22. The highest BCUT2D eigenvalue weighted by Crippen LogP contribution is 2.32. The second-order valence-electron chi connectivity index (χ2n) is 5.49. The molecule has 22 heavy (non-hydrogen) atoms. The topological polar surface area (TPSA) is 59.8 Å². The van der Waals surface area contributed by atoms with Crippen LogP contribution in [-0.2, 0) is 9.53 Å². The summed E-state index contributed by atoms with van der Waals surface area (Å²) in [6.45, 7) is 9.43. The molecule has 6 heteroatoms. The minimum Gasteiger partial charge on any atom is -0.462 e. The number of likely N-dealkylation sites (N-methyl/N-ethyl adjacent to an activating group) is 1. The molecule has 0 radical (unpaired) electrons. The van der Waals surface area contributed by atoms with Crippen LogP contribution in [0.25, 0.3) is 0 Å². The first kappa shape index (κ1) is 18.6. The number of thiophene rings is 1. The van der Waals surface area contributed by atoms with Crippen LogP contribution in [0.3, 0.4) is 0 Å². The van der Waals surface area contributed by atoms with E-state index in [9.17, 15) is 9.59 Å². The van der Waals surface area contributed by atoms with Crippen LogP contribution in [0.15, 0.2) is 0 Å². The van der Waals surface area contributed by atoms with Crippen molar-refractivity contribution in [3.05, 3.63) is 16.0 Å². The van der Waals surface area contributed by atoms with E-state index < -0.39 is 0 Å². The molecule has 124 valence electrons. The molecule has 1 aromatic heterocycles. The Labute approximate surface area is 136 Å². The molecule has 1 unspecified atom stereocenters. The number of unbranched alkanes of at least 4 members (excludes halogenated alkanes) is 1. The molecular weight excluding hydrogens is 300 g/mol. The maximum atomic E-state index is 12.2. The third-order valence-corrected chi connectivity index (χ3v) is 4.66. The van der Waals surface area contributed by atoms with Gasteiger partial charge in [-0.25, -0.2) is 4.79 Å². The molecule has 1 atom stereocenters. The number of rotatable bonds is 8. The Morgan fingerprint density at radius 3 is 2.55 bits per heavy atom.